The van der Waals surface area contributed by atoms with Crippen LogP contribution in [0.25, 0.3) is 0 Å². The molecule has 1 aromatic rings. The van der Waals surface area contributed by atoms with E-state index in [1.807, 2.05) is 0 Å². The van der Waals surface area contributed by atoms with Crippen molar-refractivity contribution in [1.82, 2.24) is 0 Å². The zero-order chi connectivity index (χ0) is 5.40. The van der Waals surface area contributed by atoms with Gasteiger partial charge in [-0.15, -0.1) is 11.3 Å². The van der Waals surface area contributed by atoms with Crippen LogP contribution in [0.4, 0.5) is 0 Å². The molecule has 0 spiro atoms. The topological polar surface area (TPSA) is 12.4 Å². The molecule has 1 aliphatic heterocycles. The molecule has 2 heteroatoms. The van der Waals surface area contributed by atoms with Gasteiger partial charge in [-0.25, -0.2) is 0 Å². The van der Waals surface area contributed by atoms with Crippen molar-refractivity contribution in [3.05, 3.63) is 21.9 Å². The average molecular weight is 122 g/mol. The highest BCUT2D eigenvalue weighted by atomic mass is 32.1. The SMILES string of the molecule is [C]1=NCc2ccsc21. The number of rotatable bonds is 0. The molecule has 0 fully saturated rings. The first-order valence-corrected chi connectivity index (χ1v) is 3.33. The molecule has 39 valence electrons. The summed E-state index contributed by atoms with van der Waals surface area (Å²) in [6, 6.07) is 2.10. The van der Waals surface area contributed by atoms with Gasteiger partial charge in [0.05, 0.1) is 11.4 Å². The Morgan fingerprint density at radius 3 is 3.62 bits per heavy atom. The average Bonchev–Trinajstić information content (AvgIpc) is 2.15. The van der Waals surface area contributed by atoms with Crippen LogP contribution in [0.3, 0.4) is 0 Å². The van der Waals surface area contributed by atoms with Crippen LogP contribution in [0.15, 0.2) is 16.4 Å². The summed E-state index contributed by atoms with van der Waals surface area (Å²) in [5, 5.41) is 2.08. The summed E-state index contributed by atoms with van der Waals surface area (Å²) < 4.78 is 0. The molecule has 0 bridgehead atoms. The van der Waals surface area contributed by atoms with E-state index in [9.17, 15) is 0 Å². The largest absolute Gasteiger partial charge is 0.277 e. The van der Waals surface area contributed by atoms with Crippen LogP contribution in [-0.2, 0) is 6.54 Å². The summed E-state index contributed by atoms with van der Waals surface area (Å²) >= 11 is 1.71. The Balaban J connectivity index is 2.67. The van der Waals surface area contributed by atoms with Crippen molar-refractivity contribution >= 4 is 17.6 Å². The van der Waals surface area contributed by atoms with Gasteiger partial charge >= 0.3 is 0 Å². The highest BCUT2D eigenvalue weighted by molar-refractivity contribution is 7.12. The van der Waals surface area contributed by atoms with Gasteiger partial charge in [0.25, 0.3) is 0 Å². The normalized spacial score (nSPS) is 14.5. The van der Waals surface area contributed by atoms with E-state index in [1.165, 1.54) is 10.4 Å². The number of nitrogens with zero attached hydrogens (tertiary/aromatic N) is 1. The number of aliphatic imine (C=N–C) groups is 1. The molecular formula is C6H4NS. The Morgan fingerprint density at radius 1 is 1.75 bits per heavy atom. The maximum Gasteiger partial charge on any atom is 0.102 e. The number of hydrogen-bond acceptors (Lipinski definition) is 2. The molecule has 0 saturated carbocycles. The second kappa shape index (κ2) is 1.42. The van der Waals surface area contributed by atoms with Gasteiger partial charge < -0.3 is 0 Å². The maximum absolute atomic E-state index is 3.97. The predicted molar refractivity (Wildman–Crippen MR) is 34.6 cm³/mol. The van der Waals surface area contributed by atoms with Gasteiger partial charge in [-0.2, -0.15) is 0 Å². The summed E-state index contributed by atoms with van der Waals surface area (Å²) in [4.78, 5) is 5.18. The second-order valence-corrected chi connectivity index (χ2v) is 2.62. The molecule has 0 atom stereocenters. The van der Waals surface area contributed by atoms with Crippen molar-refractivity contribution in [2.75, 3.05) is 0 Å². The molecule has 1 nitrogen and oxygen atoms in total. The van der Waals surface area contributed by atoms with E-state index in [0.717, 1.165) is 6.54 Å². The first-order chi connectivity index (χ1) is 3.97. The summed E-state index contributed by atoms with van der Waals surface area (Å²) in [6.45, 7) is 0.846. The third-order valence-corrected chi connectivity index (χ3v) is 2.04. The third kappa shape index (κ3) is 0.434. The summed E-state index contributed by atoms with van der Waals surface area (Å²) in [7, 11) is 0. The minimum Gasteiger partial charge on any atom is -0.277 e. The molecule has 1 radical (unpaired) electrons. The van der Waals surface area contributed by atoms with Crippen LogP contribution in [-0.4, -0.2) is 6.21 Å². The van der Waals surface area contributed by atoms with E-state index in [0.29, 0.717) is 0 Å². The predicted octanol–water partition coefficient (Wildman–Crippen LogP) is 1.56. The monoisotopic (exact) mass is 122 g/mol. The van der Waals surface area contributed by atoms with Crippen LogP contribution in [0.5, 0.6) is 0 Å². The van der Waals surface area contributed by atoms with E-state index >= 15 is 0 Å². The van der Waals surface area contributed by atoms with Crippen LogP contribution in [0, 0.1) is 0 Å². The lowest BCUT2D eigenvalue weighted by atomic mass is 10.3. The molecule has 0 N–H and O–H groups in total. The quantitative estimate of drug-likeness (QED) is 0.495. The van der Waals surface area contributed by atoms with Crippen molar-refractivity contribution in [1.29, 1.82) is 0 Å². The fraction of sp³-hybridized carbons (Fsp3) is 0.167. The van der Waals surface area contributed by atoms with E-state index in [2.05, 4.69) is 22.7 Å². The zero-order valence-electron chi connectivity index (χ0n) is 4.22. The van der Waals surface area contributed by atoms with Crippen LogP contribution < -0.4 is 0 Å². The van der Waals surface area contributed by atoms with Crippen molar-refractivity contribution < 1.29 is 0 Å². The Labute approximate surface area is 51.7 Å². The number of thiophene rings is 1. The lowest BCUT2D eigenvalue weighted by Gasteiger charge is -1.77. The van der Waals surface area contributed by atoms with Crippen molar-refractivity contribution in [3.63, 3.8) is 0 Å². The van der Waals surface area contributed by atoms with Gasteiger partial charge in [-0.1, -0.05) is 0 Å². The zero-order valence-corrected chi connectivity index (χ0v) is 5.03. The Kier molecular flexibility index (Phi) is 0.758. The first-order valence-electron chi connectivity index (χ1n) is 2.46. The Hall–Kier alpha value is -0.630. The van der Waals surface area contributed by atoms with E-state index < -0.39 is 0 Å². The molecule has 2 heterocycles. The number of fused-ring (bicyclic) bond motifs is 1. The minimum absolute atomic E-state index is 0.846. The van der Waals surface area contributed by atoms with Crippen molar-refractivity contribution in [3.8, 4) is 0 Å². The lowest BCUT2D eigenvalue weighted by molar-refractivity contribution is 1.12. The highest BCUT2D eigenvalue weighted by Gasteiger charge is 2.05. The van der Waals surface area contributed by atoms with Gasteiger partial charge in [0.2, 0.25) is 0 Å². The highest BCUT2D eigenvalue weighted by Crippen LogP contribution is 2.19. The summed E-state index contributed by atoms with van der Waals surface area (Å²) in [6.07, 6.45) is 2.92. The lowest BCUT2D eigenvalue weighted by Crippen LogP contribution is -1.68. The molecule has 1 aromatic heterocycles. The molecule has 0 aliphatic carbocycles. The van der Waals surface area contributed by atoms with Gasteiger partial charge in [-0.05, 0) is 17.0 Å². The fourth-order valence-corrected chi connectivity index (χ4v) is 1.52. The standard InChI is InChI=1S/C6H4NS/c1-2-8-6-4-7-3-5(1)6/h1-2H,3H2. The van der Waals surface area contributed by atoms with Crippen LogP contribution in [0.1, 0.15) is 10.4 Å². The van der Waals surface area contributed by atoms with Gasteiger partial charge in [0.15, 0.2) is 0 Å². The minimum atomic E-state index is 0.846. The molecule has 1 aliphatic rings. The van der Waals surface area contributed by atoms with E-state index in [4.69, 9.17) is 0 Å². The molecule has 0 saturated heterocycles. The third-order valence-electron chi connectivity index (χ3n) is 1.18. The van der Waals surface area contributed by atoms with Crippen molar-refractivity contribution in [2.45, 2.75) is 6.54 Å². The molecule has 0 aromatic carbocycles. The van der Waals surface area contributed by atoms with Gasteiger partial charge in [0, 0.05) is 0 Å². The molecule has 0 amide bonds. The Morgan fingerprint density at radius 2 is 2.75 bits per heavy atom. The molecule has 8 heavy (non-hydrogen) atoms. The van der Waals surface area contributed by atoms with Gasteiger partial charge in [-0.3, -0.25) is 4.99 Å². The van der Waals surface area contributed by atoms with Crippen LogP contribution >= 0.6 is 11.3 Å². The fourth-order valence-electron chi connectivity index (χ4n) is 0.755. The second-order valence-electron chi connectivity index (χ2n) is 1.70. The molecular weight excluding hydrogens is 118 g/mol. The summed E-state index contributed by atoms with van der Waals surface area (Å²) in [5.41, 5.74) is 1.33. The van der Waals surface area contributed by atoms with Gasteiger partial charge in [0.1, 0.15) is 6.21 Å². The van der Waals surface area contributed by atoms with E-state index in [-0.39, 0.29) is 0 Å². The van der Waals surface area contributed by atoms with E-state index in [1.54, 1.807) is 11.3 Å². The van der Waals surface area contributed by atoms with Crippen molar-refractivity contribution in [2.24, 2.45) is 4.99 Å². The number of hydrogen-bond donors (Lipinski definition) is 0. The first kappa shape index (κ1) is 4.27. The summed E-state index contributed by atoms with van der Waals surface area (Å²) in [5.74, 6) is 0. The molecule has 2 rings (SSSR count). The van der Waals surface area contributed by atoms with Crippen LogP contribution in [0.2, 0.25) is 0 Å². The smallest absolute Gasteiger partial charge is 0.102 e. The Bertz CT molecular complexity index is 224. The maximum atomic E-state index is 3.97. The molecule has 0 unspecified atom stereocenters.